The molecule has 2 aromatic rings. The molecule has 0 radical (unpaired) electrons. The Bertz CT molecular complexity index is 725. The Morgan fingerprint density at radius 1 is 1.09 bits per heavy atom. The van der Waals surface area contributed by atoms with Crippen LogP contribution in [0.4, 0.5) is 5.69 Å². The lowest BCUT2D eigenvalue weighted by Crippen LogP contribution is -2.44. The second kappa shape index (κ2) is 5.88. The normalized spacial score (nSPS) is 23.0. The van der Waals surface area contributed by atoms with Crippen LogP contribution in [0.25, 0.3) is 0 Å². The third-order valence-corrected chi connectivity index (χ3v) is 6.38. The van der Waals surface area contributed by atoms with Crippen molar-refractivity contribution in [1.82, 2.24) is 4.90 Å². The fourth-order valence-corrected chi connectivity index (χ4v) is 5.04. The maximum atomic E-state index is 2.65. The van der Waals surface area contributed by atoms with Crippen molar-refractivity contribution in [2.45, 2.75) is 41.6 Å². The van der Waals surface area contributed by atoms with Gasteiger partial charge < -0.3 is 9.80 Å². The van der Waals surface area contributed by atoms with Gasteiger partial charge in [-0.3, -0.25) is 0 Å². The summed E-state index contributed by atoms with van der Waals surface area (Å²) in [5.74, 6) is 0. The fourth-order valence-electron chi connectivity index (χ4n) is 3.92. The van der Waals surface area contributed by atoms with E-state index in [1.807, 2.05) is 11.8 Å². The molecule has 1 saturated heterocycles. The van der Waals surface area contributed by atoms with Gasteiger partial charge in [0.25, 0.3) is 0 Å². The van der Waals surface area contributed by atoms with E-state index >= 15 is 0 Å². The highest BCUT2D eigenvalue weighted by Crippen LogP contribution is 2.48. The first kappa shape index (κ1) is 15.1. The van der Waals surface area contributed by atoms with Crippen molar-refractivity contribution in [3.8, 4) is 0 Å². The summed E-state index contributed by atoms with van der Waals surface area (Å²) in [6.07, 6.45) is 2.45. The van der Waals surface area contributed by atoms with Crippen LogP contribution in [0.3, 0.4) is 0 Å². The Morgan fingerprint density at radius 2 is 1.91 bits per heavy atom. The molecule has 2 unspecified atom stereocenters. The molecule has 23 heavy (non-hydrogen) atoms. The Labute approximate surface area is 143 Å². The number of anilines is 1. The fraction of sp³-hybridized carbons (Fsp3) is 0.400. The Morgan fingerprint density at radius 3 is 2.74 bits per heavy atom. The third kappa shape index (κ3) is 2.66. The lowest BCUT2D eigenvalue weighted by atomic mass is 9.90. The molecule has 0 aromatic heterocycles. The molecule has 2 heterocycles. The van der Waals surface area contributed by atoms with E-state index in [9.17, 15) is 0 Å². The van der Waals surface area contributed by atoms with Crippen LogP contribution in [-0.2, 0) is 0 Å². The number of rotatable bonds is 1. The number of hydrogen-bond acceptors (Lipinski definition) is 3. The average Bonchev–Trinajstić information content (AvgIpc) is 2.69. The lowest BCUT2D eigenvalue weighted by molar-refractivity contribution is 0.224. The van der Waals surface area contributed by atoms with E-state index in [0.29, 0.717) is 12.1 Å². The predicted octanol–water partition coefficient (Wildman–Crippen LogP) is 4.73. The van der Waals surface area contributed by atoms with Crippen molar-refractivity contribution >= 4 is 17.4 Å². The molecule has 2 nitrogen and oxygen atoms in total. The van der Waals surface area contributed by atoms with Crippen LogP contribution in [0.2, 0.25) is 0 Å². The maximum Gasteiger partial charge on any atom is 0.0568 e. The zero-order valence-corrected chi connectivity index (χ0v) is 14.9. The first-order valence-electron chi connectivity index (χ1n) is 8.44. The largest absolute Gasteiger partial charge is 0.363 e. The Balaban J connectivity index is 1.85. The first-order chi connectivity index (χ1) is 11.1. The van der Waals surface area contributed by atoms with Crippen LogP contribution in [0.5, 0.6) is 0 Å². The molecule has 0 N–H and O–H groups in total. The topological polar surface area (TPSA) is 6.48 Å². The molecule has 2 atom stereocenters. The van der Waals surface area contributed by atoms with Gasteiger partial charge in [0.15, 0.2) is 0 Å². The number of hydrogen-bond donors (Lipinski definition) is 0. The third-order valence-electron chi connectivity index (χ3n) is 5.22. The number of aryl methyl sites for hydroxylation is 1. The van der Waals surface area contributed by atoms with Crippen molar-refractivity contribution in [1.29, 1.82) is 0 Å². The Kier molecular flexibility index (Phi) is 3.86. The SMILES string of the molecule is Cc1ccc2c(c1)C1CC(N(C)C)CCN1c1ccccc1S2. The predicted molar refractivity (Wildman–Crippen MR) is 98.5 cm³/mol. The van der Waals surface area contributed by atoms with Gasteiger partial charge in [0, 0.05) is 22.4 Å². The highest BCUT2D eigenvalue weighted by atomic mass is 32.2. The molecule has 0 amide bonds. The zero-order chi connectivity index (χ0) is 16.0. The van der Waals surface area contributed by atoms with Crippen molar-refractivity contribution in [3.63, 3.8) is 0 Å². The van der Waals surface area contributed by atoms with E-state index in [-0.39, 0.29) is 0 Å². The summed E-state index contributed by atoms with van der Waals surface area (Å²) in [5.41, 5.74) is 4.29. The van der Waals surface area contributed by atoms with Crippen LogP contribution < -0.4 is 4.90 Å². The minimum Gasteiger partial charge on any atom is -0.363 e. The van der Waals surface area contributed by atoms with Gasteiger partial charge in [0.2, 0.25) is 0 Å². The Hall–Kier alpha value is -1.45. The van der Waals surface area contributed by atoms with E-state index in [1.54, 1.807) is 0 Å². The molecular weight excluding hydrogens is 300 g/mol. The van der Waals surface area contributed by atoms with Gasteiger partial charge in [-0.1, -0.05) is 41.6 Å². The monoisotopic (exact) mass is 324 g/mol. The second-order valence-corrected chi connectivity index (χ2v) is 8.05. The second-order valence-electron chi connectivity index (χ2n) is 6.96. The van der Waals surface area contributed by atoms with Gasteiger partial charge >= 0.3 is 0 Å². The molecule has 0 aliphatic carbocycles. The van der Waals surface area contributed by atoms with Gasteiger partial charge in [-0.15, -0.1) is 0 Å². The number of benzene rings is 2. The number of fused-ring (bicyclic) bond motifs is 5. The molecule has 1 fully saturated rings. The quantitative estimate of drug-likeness (QED) is 0.748. The van der Waals surface area contributed by atoms with Crippen LogP contribution in [-0.4, -0.2) is 31.6 Å². The average molecular weight is 324 g/mol. The molecule has 3 heteroatoms. The van der Waals surface area contributed by atoms with Crippen LogP contribution in [0, 0.1) is 6.92 Å². The molecule has 4 rings (SSSR count). The smallest absolute Gasteiger partial charge is 0.0568 e. The molecule has 0 saturated carbocycles. The van der Waals surface area contributed by atoms with E-state index in [0.717, 1.165) is 6.54 Å². The zero-order valence-electron chi connectivity index (χ0n) is 14.1. The van der Waals surface area contributed by atoms with Crippen molar-refractivity contribution in [2.24, 2.45) is 0 Å². The minimum absolute atomic E-state index is 0.488. The van der Waals surface area contributed by atoms with Crippen molar-refractivity contribution in [2.75, 3.05) is 25.5 Å². The summed E-state index contributed by atoms with van der Waals surface area (Å²) in [7, 11) is 4.44. The number of nitrogens with zero attached hydrogens (tertiary/aromatic N) is 2. The summed E-state index contributed by atoms with van der Waals surface area (Å²) in [5, 5.41) is 0. The highest BCUT2D eigenvalue weighted by Gasteiger charge is 2.35. The van der Waals surface area contributed by atoms with Crippen LogP contribution in [0.1, 0.15) is 30.0 Å². The highest BCUT2D eigenvalue weighted by molar-refractivity contribution is 7.99. The summed E-state index contributed by atoms with van der Waals surface area (Å²) >= 11 is 1.93. The van der Waals surface area contributed by atoms with Gasteiger partial charge in [0.05, 0.1) is 11.7 Å². The summed E-state index contributed by atoms with van der Waals surface area (Å²) in [6, 6.07) is 17.0. The summed E-state index contributed by atoms with van der Waals surface area (Å²) in [4.78, 5) is 7.86. The first-order valence-corrected chi connectivity index (χ1v) is 9.25. The van der Waals surface area contributed by atoms with E-state index in [4.69, 9.17) is 0 Å². The lowest BCUT2D eigenvalue weighted by Gasteiger charge is -2.43. The van der Waals surface area contributed by atoms with Crippen LogP contribution in [0.15, 0.2) is 52.3 Å². The molecule has 2 aliphatic rings. The number of piperidine rings is 1. The molecule has 0 spiro atoms. The molecule has 0 bridgehead atoms. The number of para-hydroxylation sites is 1. The van der Waals surface area contributed by atoms with Gasteiger partial charge in [0.1, 0.15) is 0 Å². The van der Waals surface area contributed by atoms with Crippen molar-refractivity contribution < 1.29 is 0 Å². The van der Waals surface area contributed by atoms with Gasteiger partial charge in [-0.05, 0) is 57.6 Å². The maximum absolute atomic E-state index is 2.65. The molecule has 120 valence electrons. The van der Waals surface area contributed by atoms with Gasteiger partial charge in [-0.25, -0.2) is 0 Å². The molecule has 2 aliphatic heterocycles. The summed E-state index contributed by atoms with van der Waals surface area (Å²) in [6.45, 7) is 3.35. The summed E-state index contributed by atoms with van der Waals surface area (Å²) < 4.78 is 0. The van der Waals surface area contributed by atoms with E-state index in [1.165, 1.54) is 39.4 Å². The molecule has 2 aromatic carbocycles. The van der Waals surface area contributed by atoms with Gasteiger partial charge in [-0.2, -0.15) is 0 Å². The van der Waals surface area contributed by atoms with E-state index in [2.05, 4.69) is 73.3 Å². The minimum atomic E-state index is 0.488. The van der Waals surface area contributed by atoms with E-state index < -0.39 is 0 Å². The standard InChI is InChI=1S/C20H24N2S/c1-14-8-9-19-16(12-14)18-13-15(21(2)3)10-11-22(18)17-6-4-5-7-20(17)23-19/h4-9,12,15,18H,10-11,13H2,1-3H3. The molecular formula is C20H24N2S. The van der Waals surface area contributed by atoms with Crippen molar-refractivity contribution in [3.05, 3.63) is 53.6 Å². The van der Waals surface area contributed by atoms with Crippen LogP contribution >= 0.6 is 11.8 Å².